The molecule has 1 atom stereocenters. The molecule has 1 aliphatic rings. The number of aryl methyl sites for hydroxylation is 2. The van der Waals surface area contributed by atoms with Crippen molar-refractivity contribution in [3.63, 3.8) is 0 Å². The Hall–Kier alpha value is -1.91. The fourth-order valence-corrected chi connectivity index (χ4v) is 3.58. The Bertz CT molecular complexity index is 716. The van der Waals surface area contributed by atoms with E-state index in [0.717, 1.165) is 37.2 Å². The number of aromatic nitrogens is 2. The monoisotopic (exact) mass is 345 g/mol. The van der Waals surface area contributed by atoms with E-state index in [0.29, 0.717) is 19.5 Å². The van der Waals surface area contributed by atoms with E-state index in [4.69, 9.17) is 0 Å². The van der Waals surface area contributed by atoms with Gasteiger partial charge in [-0.15, -0.1) is 0 Å². The molecule has 1 fully saturated rings. The number of nitrogens with zero attached hydrogens (tertiary/aromatic N) is 3. The standard InChI is InChI=1S/C20H31N3O2/c1-15(2)7-6-9-20(5)10-8-18(24)22(14-20)11-12-23-17(4)13-16(3)21-19(23)25/h7,13H,6,8-12,14H2,1-5H3/t20-/m0/s1. The van der Waals surface area contributed by atoms with E-state index in [2.05, 4.69) is 31.8 Å². The van der Waals surface area contributed by atoms with Gasteiger partial charge in [0.2, 0.25) is 5.91 Å². The van der Waals surface area contributed by atoms with Gasteiger partial charge in [-0.25, -0.2) is 4.79 Å². The zero-order valence-electron chi connectivity index (χ0n) is 16.3. The van der Waals surface area contributed by atoms with Gasteiger partial charge in [0.25, 0.3) is 0 Å². The zero-order valence-corrected chi connectivity index (χ0v) is 16.3. The molecule has 1 saturated heterocycles. The molecule has 0 unspecified atom stereocenters. The number of amides is 1. The average Bonchev–Trinajstić information content (AvgIpc) is 2.49. The van der Waals surface area contributed by atoms with E-state index in [1.165, 1.54) is 5.57 Å². The van der Waals surface area contributed by atoms with Gasteiger partial charge >= 0.3 is 5.69 Å². The van der Waals surface area contributed by atoms with Gasteiger partial charge in [-0.3, -0.25) is 9.36 Å². The minimum Gasteiger partial charge on any atom is -0.340 e. The van der Waals surface area contributed by atoms with E-state index in [9.17, 15) is 9.59 Å². The van der Waals surface area contributed by atoms with Crippen LogP contribution in [-0.2, 0) is 11.3 Å². The highest BCUT2D eigenvalue weighted by atomic mass is 16.2. The van der Waals surface area contributed by atoms with Crippen LogP contribution >= 0.6 is 0 Å². The highest BCUT2D eigenvalue weighted by molar-refractivity contribution is 5.77. The quantitative estimate of drug-likeness (QED) is 0.744. The second kappa shape index (κ2) is 7.98. The lowest BCUT2D eigenvalue weighted by Crippen LogP contribution is -2.47. The van der Waals surface area contributed by atoms with Crippen LogP contribution in [0.5, 0.6) is 0 Å². The number of carbonyl (C=O) groups is 1. The van der Waals surface area contributed by atoms with E-state index in [1.807, 2.05) is 24.8 Å². The summed E-state index contributed by atoms with van der Waals surface area (Å²) in [5.41, 5.74) is 2.90. The summed E-state index contributed by atoms with van der Waals surface area (Å²) in [6.45, 7) is 12.1. The minimum atomic E-state index is -0.228. The highest BCUT2D eigenvalue weighted by Gasteiger charge is 2.34. The molecule has 0 aromatic carbocycles. The van der Waals surface area contributed by atoms with Crippen LogP contribution in [0.15, 0.2) is 22.5 Å². The maximum atomic E-state index is 12.3. The number of carbonyl (C=O) groups excluding carboxylic acids is 1. The summed E-state index contributed by atoms with van der Waals surface area (Å²) < 4.78 is 1.66. The van der Waals surface area contributed by atoms with Crippen molar-refractivity contribution in [1.82, 2.24) is 14.5 Å². The van der Waals surface area contributed by atoms with Crippen molar-refractivity contribution < 1.29 is 4.79 Å². The second-order valence-corrected chi connectivity index (χ2v) is 7.92. The van der Waals surface area contributed by atoms with Crippen LogP contribution in [0, 0.1) is 19.3 Å². The number of piperidine rings is 1. The first kappa shape index (κ1) is 19.4. The van der Waals surface area contributed by atoms with E-state index < -0.39 is 0 Å². The van der Waals surface area contributed by atoms with Crippen LogP contribution in [0.4, 0.5) is 0 Å². The van der Waals surface area contributed by atoms with Gasteiger partial charge in [0, 0.05) is 37.4 Å². The molecule has 0 saturated carbocycles. The smallest absolute Gasteiger partial charge is 0.340 e. The van der Waals surface area contributed by atoms with Crippen LogP contribution in [0.1, 0.15) is 57.8 Å². The molecule has 5 nitrogen and oxygen atoms in total. The van der Waals surface area contributed by atoms with Gasteiger partial charge in [-0.2, -0.15) is 4.98 Å². The summed E-state index contributed by atoms with van der Waals surface area (Å²) >= 11 is 0. The van der Waals surface area contributed by atoms with Crippen LogP contribution < -0.4 is 5.69 Å². The third-order valence-electron chi connectivity index (χ3n) is 5.11. The molecular weight excluding hydrogens is 314 g/mol. The molecule has 0 aliphatic carbocycles. The van der Waals surface area contributed by atoms with Gasteiger partial charge < -0.3 is 4.90 Å². The molecule has 25 heavy (non-hydrogen) atoms. The van der Waals surface area contributed by atoms with Crippen molar-refractivity contribution in [2.45, 2.75) is 66.8 Å². The van der Waals surface area contributed by atoms with Crippen molar-refractivity contribution in [2.24, 2.45) is 5.41 Å². The van der Waals surface area contributed by atoms with Crippen LogP contribution in [0.3, 0.4) is 0 Å². The number of hydrogen-bond acceptors (Lipinski definition) is 3. The molecule has 1 aliphatic heterocycles. The Balaban J connectivity index is 2.02. The van der Waals surface area contributed by atoms with Crippen LogP contribution in [0.2, 0.25) is 0 Å². The molecule has 1 aromatic rings. The molecule has 0 bridgehead atoms. The Morgan fingerprint density at radius 2 is 2.00 bits per heavy atom. The number of likely N-dealkylation sites (tertiary alicyclic amines) is 1. The summed E-state index contributed by atoms with van der Waals surface area (Å²) in [4.78, 5) is 30.3. The Labute approximate surface area is 150 Å². The Kier molecular flexibility index (Phi) is 6.20. The van der Waals surface area contributed by atoms with Crippen molar-refractivity contribution in [1.29, 1.82) is 0 Å². The normalized spacial score (nSPS) is 20.7. The van der Waals surface area contributed by atoms with E-state index in [-0.39, 0.29) is 17.0 Å². The van der Waals surface area contributed by atoms with Gasteiger partial charge in [0.1, 0.15) is 0 Å². The lowest BCUT2D eigenvalue weighted by Gasteiger charge is -2.40. The Morgan fingerprint density at radius 3 is 2.64 bits per heavy atom. The molecule has 0 spiro atoms. The lowest BCUT2D eigenvalue weighted by molar-refractivity contribution is -0.137. The first-order valence-corrected chi connectivity index (χ1v) is 9.16. The molecule has 138 valence electrons. The predicted octanol–water partition coefficient (Wildman–Crippen LogP) is 3.24. The van der Waals surface area contributed by atoms with Crippen molar-refractivity contribution in [2.75, 3.05) is 13.1 Å². The third kappa shape index (κ3) is 5.28. The zero-order chi connectivity index (χ0) is 18.6. The largest absolute Gasteiger partial charge is 0.348 e. The summed E-state index contributed by atoms with van der Waals surface area (Å²) in [6, 6.07) is 1.91. The molecule has 2 rings (SSSR count). The lowest BCUT2D eigenvalue weighted by atomic mass is 9.77. The molecule has 1 aromatic heterocycles. The summed E-state index contributed by atoms with van der Waals surface area (Å²) in [7, 11) is 0. The van der Waals surface area contributed by atoms with Crippen molar-refractivity contribution >= 4 is 5.91 Å². The minimum absolute atomic E-state index is 0.158. The van der Waals surface area contributed by atoms with Gasteiger partial charge in [-0.05, 0) is 58.4 Å². The number of allylic oxidation sites excluding steroid dienone is 2. The van der Waals surface area contributed by atoms with Crippen molar-refractivity contribution in [3.05, 3.63) is 39.6 Å². The third-order valence-corrected chi connectivity index (χ3v) is 5.11. The molecule has 5 heteroatoms. The SMILES string of the molecule is CC(C)=CCC[C@@]1(C)CCC(=O)N(CCn2c(C)cc(C)nc2=O)C1. The average molecular weight is 345 g/mol. The molecular formula is C20H31N3O2. The van der Waals surface area contributed by atoms with Crippen molar-refractivity contribution in [3.8, 4) is 0 Å². The topological polar surface area (TPSA) is 55.2 Å². The first-order chi connectivity index (χ1) is 11.7. The summed E-state index contributed by atoms with van der Waals surface area (Å²) in [5.74, 6) is 0.200. The summed E-state index contributed by atoms with van der Waals surface area (Å²) in [6.07, 6.45) is 5.97. The highest BCUT2D eigenvalue weighted by Crippen LogP contribution is 2.34. The molecule has 1 amide bonds. The second-order valence-electron chi connectivity index (χ2n) is 7.92. The van der Waals surface area contributed by atoms with Crippen LogP contribution in [-0.4, -0.2) is 33.4 Å². The number of hydrogen-bond donors (Lipinski definition) is 0. The maximum absolute atomic E-state index is 12.3. The first-order valence-electron chi connectivity index (χ1n) is 9.16. The van der Waals surface area contributed by atoms with Crippen LogP contribution in [0.25, 0.3) is 0 Å². The summed E-state index contributed by atoms with van der Waals surface area (Å²) in [5, 5.41) is 0. The fourth-order valence-electron chi connectivity index (χ4n) is 3.58. The molecule has 2 heterocycles. The maximum Gasteiger partial charge on any atom is 0.348 e. The number of rotatable bonds is 6. The van der Waals surface area contributed by atoms with Gasteiger partial charge in [-0.1, -0.05) is 18.6 Å². The predicted molar refractivity (Wildman–Crippen MR) is 101 cm³/mol. The molecule has 0 radical (unpaired) electrons. The molecule has 0 N–H and O–H groups in total. The fraction of sp³-hybridized carbons (Fsp3) is 0.650. The van der Waals surface area contributed by atoms with Gasteiger partial charge in [0.05, 0.1) is 0 Å². The Morgan fingerprint density at radius 1 is 1.28 bits per heavy atom. The van der Waals surface area contributed by atoms with Gasteiger partial charge in [0.15, 0.2) is 0 Å². The van der Waals surface area contributed by atoms with E-state index in [1.54, 1.807) is 4.57 Å². The van der Waals surface area contributed by atoms with E-state index >= 15 is 0 Å².